The van der Waals surface area contributed by atoms with Crippen LogP contribution in [-0.4, -0.2) is 37.7 Å². The topological polar surface area (TPSA) is 119 Å². The van der Waals surface area contributed by atoms with Crippen LogP contribution in [0.25, 0.3) is 0 Å². The molecule has 1 aromatic heterocycles. The number of benzene rings is 2. The van der Waals surface area contributed by atoms with Gasteiger partial charge in [-0.05, 0) is 42.2 Å². The summed E-state index contributed by atoms with van der Waals surface area (Å²) >= 11 is 0. The van der Waals surface area contributed by atoms with Gasteiger partial charge in [0.25, 0.3) is 11.8 Å². The molecule has 0 bridgehead atoms. The number of carbonyl (C=O) groups is 2. The average Bonchev–Trinajstić information content (AvgIpc) is 3.30. The molecule has 2 atom stereocenters. The van der Waals surface area contributed by atoms with E-state index in [1.54, 1.807) is 24.3 Å². The lowest BCUT2D eigenvalue weighted by molar-refractivity contribution is 0.0773. The van der Waals surface area contributed by atoms with Gasteiger partial charge in [0, 0.05) is 12.2 Å². The molecule has 2 aromatic carbocycles. The Morgan fingerprint density at radius 2 is 1.58 bits per heavy atom. The lowest BCUT2D eigenvalue weighted by Gasteiger charge is -2.22. The minimum Gasteiger partial charge on any atom is -0.373 e. The highest BCUT2D eigenvalue weighted by Crippen LogP contribution is 2.25. The van der Waals surface area contributed by atoms with E-state index in [0.717, 1.165) is 23.8 Å². The molecule has 0 saturated heterocycles. The summed E-state index contributed by atoms with van der Waals surface area (Å²) in [6, 6.07) is 17.9. The van der Waals surface area contributed by atoms with Crippen LogP contribution in [0.2, 0.25) is 0 Å². The van der Waals surface area contributed by atoms with Crippen LogP contribution in [0.4, 0.5) is 5.69 Å². The number of anilines is 1. The molecule has 3 aromatic rings. The first-order valence-electron chi connectivity index (χ1n) is 12.7. The Kier molecular flexibility index (Phi) is 8.53. The van der Waals surface area contributed by atoms with E-state index in [-0.39, 0.29) is 30.5 Å². The predicted molar refractivity (Wildman–Crippen MR) is 146 cm³/mol. The van der Waals surface area contributed by atoms with Crippen molar-refractivity contribution in [1.82, 2.24) is 15.2 Å². The maximum atomic E-state index is 13.5. The second-order valence-corrected chi connectivity index (χ2v) is 11.1. The molecule has 38 heavy (non-hydrogen) atoms. The molecule has 2 unspecified atom stereocenters. The Hall–Kier alpha value is -3.63. The highest BCUT2D eigenvalue weighted by atomic mass is 32.2. The van der Waals surface area contributed by atoms with E-state index in [1.165, 1.54) is 0 Å². The molecule has 2 amide bonds. The quantitative estimate of drug-likeness (QED) is 0.358. The number of nitrogens with zero attached hydrogens (tertiary/aromatic N) is 1. The molecule has 0 saturated carbocycles. The SMILES string of the molecule is CCC(NC(=O)c1cc(C(=O)NC(CC)c2cccc(NS(C)(=O)=O)c2)n2c1COCC2)c1ccccc1. The molecule has 0 spiro atoms. The zero-order valence-electron chi connectivity index (χ0n) is 21.9. The van der Waals surface area contributed by atoms with E-state index in [2.05, 4.69) is 15.4 Å². The molecule has 10 heteroatoms. The maximum Gasteiger partial charge on any atom is 0.268 e. The van der Waals surface area contributed by atoms with Crippen molar-refractivity contribution < 1.29 is 22.7 Å². The van der Waals surface area contributed by atoms with E-state index < -0.39 is 10.0 Å². The van der Waals surface area contributed by atoms with Gasteiger partial charge in [-0.2, -0.15) is 0 Å². The number of amides is 2. The minimum absolute atomic E-state index is 0.154. The van der Waals surface area contributed by atoms with Gasteiger partial charge in [0.05, 0.1) is 42.8 Å². The van der Waals surface area contributed by atoms with Crippen molar-refractivity contribution >= 4 is 27.5 Å². The van der Waals surface area contributed by atoms with Gasteiger partial charge in [-0.3, -0.25) is 14.3 Å². The Morgan fingerprint density at radius 3 is 2.26 bits per heavy atom. The van der Waals surface area contributed by atoms with Gasteiger partial charge in [-0.1, -0.05) is 56.3 Å². The number of hydrogen-bond acceptors (Lipinski definition) is 5. The molecule has 0 fully saturated rings. The lowest BCUT2D eigenvalue weighted by atomic mass is 10.0. The van der Waals surface area contributed by atoms with Crippen molar-refractivity contribution in [2.75, 3.05) is 17.6 Å². The Labute approximate surface area is 223 Å². The molecule has 4 rings (SSSR count). The molecular weight excluding hydrogens is 504 g/mol. The highest BCUT2D eigenvalue weighted by molar-refractivity contribution is 7.92. The van der Waals surface area contributed by atoms with Crippen molar-refractivity contribution in [3.05, 3.63) is 88.7 Å². The zero-order valence-corrected chi connectivity index (χ0v) is 22.7. The van der Waals surface area contributed by atoms with Crippen molar-refractivity contribution in [3.8, 4) is 0 Å². The smallest absolute Gasteiger partial charge is 0.268 e. The predicted octanol–water partition coefficient (Wildman–Crippen LogP) is 4.15. The fraction of sp³-hybridized carbons (Fsp3) is 0.357. The van der Waals surface area contributed by atoms with Gasteiger partial charge in [0.2, 0.25) is 10.0 Å². The van der Waals surface area contributed by atoms with Crippen LogP contribution >= 0.6 is 0 Å². The number of aromatic nitrogens is 1. The number of nitrogens with one attached hydrogen (secondary N) is 3. The third kappa shape index (κ3) is 6.43. The fourth-order valence-electron chi connectivity index (χ4n) is 4.74. The Bertz CT molecular complexity index is 1400. The van der Waals surface area contributed by atoms with E-state index in [4.69, 9.17) is 4.74 Å². The second-order valence-electron chi connectivity index (χ2n) is 9.37. The van der Waals surface area contributed by atoms with Gasteiger partial charge in [0.1, 0.15) is 5.69 Å². The van der Waals surface area contributed by atoms with Crippen molar-refractivity contribution in [1.29, 1.82) is 0 Å². The number of rotatable bonds is 10. The van der Waals surface area contributed by atoms with E-state index in [1.807, 2.05) is 54.8 Å². The van der Waals surface area contributed by atoms with E-state index in [9.17, 15) is 18.0 Å². The summed E-state index contributed by atoms with van der Waals surface area (Å²) in [4.78, 5) is 26.9. The van der Waals surface area contributed by atoms with Crippen LogP contribution in [0.3, 0.4) is 0 Å². The first-order valence-corrected chi connectivity index (χ1v) is 14.6. The van der Waals surface area contributed by atoms with Gasteiger partial charge < -0.3 is 19.9 Å². The standard InChI is InChI=1S/C28H34N4O5S/c1-4-23(19-10-7-6-8-11-19)29-27(33)22-17-25(32-14-15-37-18-26(22)32)28(34)30-24(5-2)20-12-9-13-21(16-20)31-38(3,35)36/h6-13,16-17,23-24,31H,4-5,14-15,18H2,1-3H3,(H,29,33)(H,30,34). The first kappa shape index (κ1) is 27.4. The number of carbonyl (C=O) groups excluding carboxylic acids is 2. The largest absolute Gasteiger partial charge is 0.373 e. The molecule has 1 aliphatic rings. The normalized spacial score (nSPS) is 14.7. The monoisotopic (exact) mass is 538 g/mol. The molecule has 0 radical (unpaired) electrons. The second kappa shape index (κ2) is 11.8. The third-order valence-corrected chi connectivity index (χ3v) is 7.21. The Balaban J connectivity index is 1.57. The van der Waals surface area contributed by atoms with Crippen molar-refractivity contribution in [2.45, 2.75) is 51.9 Å². The number of fused-ring (bicyclic) bond motifs is 1. The third-order valence-electron chi connectivity index (χ3n) is 6.61. The van der Waals surface area contributed by atoms with Gasteiger partial charge in [0.15, 0.2) is 0 Å². The summed E-state index contributed by atoms with van der Waals surface area (Å²) in [5, 5.41) is 6.17. The molecular formula is C28H34N4O5S. The van der Waals surface area contributed by atoms with Crippen LogP contribution in [0, 0.1) is 0 Å². The summed E-state index contributed by atoms with van der Waals surface area (Å²) in [5.41, 5.74) is 3.72. The van der Waals surface area contributed by atoms with Crippen LogP contribution in [0.15, 0.2) is 60.7 Å². The first-order chi connectivity index (χ1) is 18.2. The average molecular weight is 539 g/mol. The fourth-order valence-corrected chi connectivity index (χ4v) is 5.29. The Morgan fingerprint density at radius 1 is 0.921 bits per heavy atom. The molecule has 202 valence electrons. The van der Waals surface area contributed by atoms with Crippen LogP contribution < -0.4 is 15.4 Å². The molecule has 2 heterocycles. The van der Waals surface area contributed by atoms with Crippen LogP contribution in [-0.2, 0) is 27.9 Å². The summed E-state index contributed by atoms with van der Waals surface area (Å²) in [6.45, 7) is 5.11. The summed E-state index contributed by atoms with van der Waals surface area (Å²) in [7, 11) is -3.43. The summed E-state index contributed by atoms with van der Waals surface area (Å²) in [6.07, 6.45) is 2.41. The summed E-state index contributed by atoms with van der Waals surface area (Å²) < 4.78 is 33.3. The lowest BCUT2D eigenvalue weighted by Crippen LogP contribution is -2.31. The van der Waals surface area contributed by atoms with E-state index >= 15 is 0 Å². The van der Waals surface area contributed by atoms with E-state index in [0.29, 0.717) is 42.2 Å². The molecule has 0 aliphatic carbocycles. The maximum absolute atomic E-state index is 13.5. The minimum atomic E-state index is -3.43. The molecule has 1 aliphatic heterocycles. The van der Waals surface area contributed by atoms with Gasteiger partial charge in [-0.25, -0.2) is 8.42 Å². The van der Waals surface area contributed by atoms with Gasteiger partial charge >= 0.3 is 0 Å². The van der Waals surface area contributed by atoms with Gasteiger partial charge in [-0.15, -0.1) is 0 Å². The molecule has 3 N–H and O–H groups in total. The highest BCUT2D eigenvalue weighted by Gasteiger charge is 2.28. The van der Waals surface area contributed by atoms with Crippen molar-refractivity contribution in [3.63, 3.8) is 0 Å². The number of sulfonamides is 1. The summed E-state index contributed by atoms with van der Waals surface area (Å²) in [5.74, 6) is -0.559. The van der Waals surface area contributed by atoms with Crippen molar-refractivity contribution in [2.24, 2.45) is 0 Å². The van der Waals surface area contributed by atoms with Crippen LogP contribution in [0.1, 0.15) is 76.4 Å². The number of hydrogen-bond donors (Lipinski definition) is 3. The molecule has 9 nitrogen and oxygen atoms in total. The zero-order chi connectivity index (χ0) is 27.3. The van der Waals surface area contributed by atoms with Crippen LogP contribution in [0.5, 0.6) is 0 Å². The number of ether oxygens (including phenoxy) is 1.